The Kier molecular flexibility index (Phi) is 23.7. The van der Waals surface area contributed by atoms with Gasteiger partial charge in [0.1, 0.15) is 46.5 Å². The van der Waals surface area contributed by atoms with E-state index >= 15 is 0 Å². The zero-order chi connectivity index (χ0) is 81.9. The zero-order valence-corrected chi connectivity index (χ0v) is 70.0. The number of pyridine rings is 2. The molecule has 1 aliphatic carbocycles. The summed E-state index contributed by atoms with van der Waals surface area (Å²) in [6.45, 7) is 41.8. The van der Waals surface area contributed by atoms with Crippen molar-refractivity contribution in [3.63, 3.8) is 0 Å². The van der Waals surface area contributed by atoms with E-state index in [1.165, 1.54) is 65.8 Å². The van der Waals surface area contributed by atoms with E-state index in [-0.39, 0.29) is 44.5 Å². The highest BCUT2D eigenvalue weighted by molar-refractivity contribution is 5.86. The van der Waals surface area contributed by atoms with E-state index in [4.69, 9.17) is 4.74 Å². The lowest BCUT2D eigenvalue weighted by molar-refractivity contribution is 0.343. The number of hydrogen-bond donors (Lipinski definition) is 3. The molecular weight excluding hydrogens is 1440 g/mol. The van der Waals surface area contributed by atoms with Crippen molar-refractivity contribution in [2.24, 2.45) is 11.3 Å². The first-order valence-electron chi connectivity index (χ1n) is 40.3. The van der Waals surface area contributed by atoms with Gasteiger partial charge in [-0.15, -0.1) is 20.4 Å². The van der Waals surface area contributed by atoms with E-state index in [9.17, 15) is 13.2 Å². The first-order valence-corrected chi connectivity index (χ1v) is 40.3. The van der Waals surface area contributed by atoms with Crippen LogP contribution in [-0.4, -0.2) is 92.6 Å². The quantitative estimate of drug-likeness (QED) is 0.142. The average molecular weight is 1550 g/mol. The van der Waals surface area contributed by atoms with Crippen LogP contribution in [0.2, 0.25) is 0 Å². The van der Waals surface area contributed by atoms with Crippen LogP contribution < -0.4 is 9.64 Å². The molecule has 9 aromatic heterocycles. The highest BCUT2D eigenvalue weighted by atomic mass is 19.1. The number of nitrogens with zero attached hydrogens (tertiary/aromatic N) is 14. The summed E-state index contributed by atoms with van der Waals surface area (Å²) in [6.07, 6.45) is 20.0. The van der Waals surface area contributed by atoms with Gasteiger partial charge in [0.25, 0.3) is 5.78 Å². The molecule has 3 N–H and O–H groups in total. The van der Waals surface area contributed by atoms with Gasteiger partial charge in [-0.1, -0.05) is 174 Å². The number of fused-ring (bicyclic) bond motifs is 6. The van der Waals surface area contributed by atoms with Gasteiger partial charge in [-0.05, 0) is 196 Å². The Hall–Kier alpha value is -11.2. The highest BCUT2D eigenvalue weighted by Gasteiger charge is 2.46. The molecule has 5 aromatic carbocycles. The molecule has 2 atom stereocenters. The summed E-state index contributed by atoms with van der Waals surface area (Å²) in [5.74, 6) is 7.69. The maximum absolute atomic E-state index is 14.3. The number of rotatable bonds is 6. The minimum absolute atomic E-state index is 0.00983. The second-order valence-electron chi connectivity index (χ2n) is 36.7. The van der Waals surface area contributed by atoms with Crippen LogP contribution in [0.25, 0.3) is 73.4 Å². The Morgan fingerprint density at radius 3 is 2.01 bits per heavy atom. The van der Waals surface area contributed by atoms with Gasteiger partial charge in [0, 0.05) is 89.9 Å². The molecule has 14 aromatic rings. The Morgan fingerprint density at radius 1 is 0.513 bits per heavy atom. The molecule has 0 bridgehead atoms. The monoisotopic (exact) mass is 1550 g/mol. The van der Waals surface area contributed by atoms with Crippen molar-refractivity contribution in [1.29, 1.82) is 0 Å². The number of anilines is 2. The van der Waals surface area contributed by atoms with Crippen LogP contribution in [0.15, 0.2) is 177 Å². The number of aromatic nitrogens is 16. The summed E-state index contributed by atoms with van der Waals surface area (Å²) in [6, 6.07) is 44.3. The molecule has 0 radical (unpaired) electrons. The number of benzene rings is 5. The van der Waals surface area contributed by atoms with Crippen molar-refractivity contribution in [2.45, 2.75) is 216 Å². The van der Waals surface area contributed by atoms with Crippen molar-refractivity contribution in [3.8, 4) is 51.3 Å². The molecule has 0 saturated heterocycles. The van der Waals surface area contributed by atoms with Crippen molar-refractivity contribution in [1.82, 2.24) is 79.4 Å². The minimum atomic E-state index is -0.229. The number of aryl methyl sites for hydroxylation is 2. The van der Waals surface area contributed by atoms with Gasteiger partial charge in [-0.3, -0.25) is 9.50 Å². The maximum Gasteiger partial charge on any atom is 0.255 e. The lowest BCUT2D eigenvalue weighted by Gasteiger charge is -2.31. The largest absolute Gasteiger partial charge is 0.493 e. The Bertz CT molecular complexity index is 5670. The molecule has 18 nitrogen and oxygen atoms in total. The van der Waals surface area contributed by atoms with E-state index < -0.39 is 0 Å². The lowest BCUT2D eigenvalue weighted by atomic mass is 9.83. The topological polar surface area (TPSA) is 211 Å². The fourth-order valence-electron chi connectivity index (χ4n) is 15.0. The first-order chi connectivity index (χ1) is 54.5. The predicted molar refractivity (Wildman–Crippen MR) is 455 cm³/mol. The van der Waals surface area contributed by atoms with E-state index in [2.05, 4.69) is 259 Å². The van der Waals surface area contributed by atoms with Gasteiger partial charge in [0.2, 0.25) is 0 Å². The molecule has 598 valence electrons. The number of hydrogen-bond acceptors (Lipinski definition) is 13. The zero-order valence-electron chi connectivity index (χ0n) is 70.0. The van der Waals surface area contributed by atoms with Crippen LogP contribution in [-0.2, 0) is 52.9 Å². The third-order valence-corrected chi connectivity index (χ3v) is 21.6. The predicted octanol–water partition coefficient (Wildman–Crippen LogP) is 22.3. The summed E-state index contributed by atoms with van der Waals surface area (Å²) in [5.41, 5.74) is 16.8. The Labute approximate surface area is 674 Å². The van der Waals surface area contributed by atoms with Crippen LogP contribution in [0, 0.1) is 28.8 Å². The molecule has 2 unspecified atom stereocenters. The molecule has 1 fully saturated rings. The third kappa shape index (κ3) is 19.3. The van der Waals surface area contributed by atoms with Crippen LogP contribution >= 0.6 is 0 Å². The minimum Gasteiger partial charge on any atom is -0.493 e. The number of imidazole rings is 1. The van der Waals surface area contributed by atoms with Gasteiger partial charge < -0.3 is 24.2 Å². The molecule has 12 heterocycles. The van der Waals surface area contributed by atoms with Gasteiger partial charge in [0.05, 0.1) is 46.5 Å². The van der Waals surface area contributed by atoms with E-state index in [0.29, 0.717) is 33.6 Å². The lowest BCUT2D eigenvalue weighted by Crippen LogP contribution is -2.25. The number of aromatic amines is 3. The third-order valence-electron chi connectivity index (χ3n) is 21.6. The van der Waals surface area contributed by atoms with Crippen LogP contribution in [0.5, 0.6) is 5.75 Å². The van der Waals surface area contributed by atoms with Gasteiger partial charge in [-0.25, -0.2) is 43.1 Å². The first kappa shape index (κ1) is 81.8. The van der Waals surface area contributed by atoms with Gasteiger partial charge >= 0.3 is 0 Å². The summed E-state index contributed by atoms with van der Waals surface area (Å²) < 4.78 is 51.1. The number of H-pyrrole nitrogens is 3. The molecule has 0 amide bonds. The fraction of sp³-hybridized carbons (Fsp3) is 0.394. The number of nitrogens with one attached hydrogen (secondary N) is 3. The maximum atomic E-state index is 14.3. The second-order valence-corrected chi connectivity index (χ2v) is 36.7. The molecule has 4 aliphatic rings. The molecule has 21 heteroatoms. The van der Waals surface area contributed by atoms with Crippen molar-refractivity contribution >= 4 is 39.3 Å². The Balaban J connectivity index is 0.000000120. The average Bonchev–Trinajstić information content (AvgIpc) is 1.67. The molecular formula is C94H110F3N17O. The van der Waals surface area contributed by atoms with Gasteiger partial charge in [-0.2, -0.15) is 5.10 Å². The number of para-hydroxylation sites is 1. The number of halogens is 3. The molecule has 0 spiro atoms. The van der Waals surface area contributed by atoms with Gasteiger partial charge in [0.15, 0.2) is 17.3 Å². The summed E-state index contributed by atoms with van der Waals surface area (Å²) in [7, 11) is 0. The normalized spacial score (nSPS) is 15.4. The Morgan fingerprint density at radius 2 is 1.27 bits per heavy atom. The smallest absolute Gasteiger partial charge is 0.255 e. The van der Waals surface area contributed by atoms with Crippen LogP contribution in [0.1, 0.15) is 213 Å². The highest BCUT2D eigenvalue weighted by Crippen LogP contribution is 2.57. The second kappa shape index (κ2) is 33.3. The number of ether oxygens (including phenoxy) is 1. The fourth-order valence-corrected chi connectivity index (χ4v) is 15.0. The molecule has 3 aliphatic heterocycles. The van der Waals surface area contributed by atoms with Crippen molar-refractivity contribution in [3.05, 3.63) is 245 Å². The molecule has 115 heavy (non-hydrogen) atoms. The summed E-state index contributed by atoms with van der Waals surface area (Å²) >= 11 is 0. The van der Waals surface area contributed by atoms with Crippen LogP contribution in [0.3, 0.4) is 0 Å². The molecule has 1 saturated carbocycles. The SMILES string of the molecule is CC(C)(C)C1CC1c1ccc2c(c1)CCO2.CC(C)(C)c1[nH]ncc1-c1nnc2ncccn12.CC(C)(C)c1cc(F)ccc1-c1nc2ncccc2[nH]1.CC(C)(C)c1ccc(F)c(-c2nnc3n2CCCCC3)c1.CC(C)(C)c1ccnc(N2CCCc3ccccc32)c1.CC(C)(C)c1nccc(-c2cc3c(F)cccc3[nH]2)n1. The van der Waals surface area contributed by atoms with Crippen molar-refractivity contribution < 1.29 is 17.9 Å². The molecule has 18 rings (SSSR count). The standard InChI is InChI=1S/C18H22N2.C17H22FN3.2C16H16FN3.C15H20O.C12H14N6/c1-18(2,3)15-10-11-19-17(13-15)20-12-6-8-14-7-4-5-9-16(14)20;1-17(2,3)12-8-9-14(18)13(11-12)16-20-19-15-7-5-4-6-10-21(15)16;1-16(2,3)12-9-10(17)6-7-11(12)14-19-13-5-4-8-18-15(13)20-14;1-16(2,3)15-18-8-7-13(20-15)14-9-10-11(17)5-4-6-12(10)19-14;1-15(2,3)13-9-12(13)10-4-5-14-11(8-10)6-7-16-14;1-12(2,3)9-8(7-14-15-9)10-16-17-11-13-5-4-6-18(10)11/h4-5,7,9-11,13H,6,8,12H2,1-3H3;8-9,11H,4-7,10H2,1-3H3;4-9H,1-3H3,(H,18,19,20);4-9,19H,1-3H3;4-5,8,12-13H,6-7,9H2,1-3H3;4-7H,1-3H3,(H,14,15). The van der Waals surface area contributed by atoms with E-state index in [0.717, 1.165) is 142 Å². The summed E-state index contributed by atoms with van der Waals surface area (Å²) in [5, 5.41) is 24.6. The van der Waals surface area contributed by atoms with E-state index in [1.54, 1.807) is 55.1 Å². The summed E-state index contributed by atoms with van der Waals surface area (Å²) in [4.78, 5) is 35.2. The van der Waals surface area contributed by atoms with Crippen molar-refractivity contribution in [2.75, 3.05) is 18.1 Å². The van der Waals surface area contributed by atoms with E-state index in [1.807, 2.05) is 59.3 Å². The van der Waals surface area contributed by atoms with Crippen LogP contribution in [0.4, 0.5) is 24.7 Å².